The first-order valence-electron chi connectivity index (χ1n) is 7.33. The van der Waals surface area contributed by atoms with E-state index in [1.807, 2.05) is 0 Å². The number of alkyl halides is 3. The first kappa shape index (κ1) is 15.6. The van der Waals surface area contributed by atoms with Crippen molar-refractivity contribution in [2.24, 2.45) is 0 Å². The molecule has 0 saturated carbocycles. The number of rotatable bonds is 1. The molecule has 0 fully saturated rings. The molecule has 0 aliphatic carbocycles. The van der Waals surface area contributed by atoms with Gasteiger partial charge in [0.25, 0.3) is 0 Å². The summed E-state index contributed by atoms with van der Waals surface area (Å²) in [5.41, 5.74) is -2.04. The lowest BCUT2D eigenvalue weighted by Crippen LogP contribution is -2.15. The molecule has 1 aromatic carbocycles. The highest BCUT2D eigenvalue weighted by Crippen LogP contribution is 2.58. The molecule has 0 saturated heterocycles. The molecule has 0 spiro atoms. The summed E-state index contributed by atoms with van der Waals surface area (Å²) >= 11 is 0. The molecule has 2 aromatic rings. The molecule has 128 valence electrons. The van der Waals surface area contributed by atoms with Gasteiger partial charge in [0, 0.05) is 0 Å². The summed E-state index contributed by atoms with van der Waals surface area (Å²) in [5.74, 6) is -0.775. The Morgan fingerprint density at radius 3 is 2.60 bits per heavy atom. The zero-order valence-electron chi connectivity index (χ0n) is 12.8. The summed E-state index contributed by atoms with van der Waals surface area (Å²) in [6.07, 6.45) is -1.86. The zero-order chi connectivity index (χ0) is 18.1. The summed E-state index contributed by atoms with van der Waals surface area (Å²) in [5, 5.41) is 29.9. The van der Waals surface area contributed by atoms with E-state index >= 15 is 0 Å². The lowest BCUT2D eigenvalue weighted by atomic mass is 9.91. The van der Waals surface area contributed by atoms with Crippen molar-refractivity contribution in [1.82, 2.24) is 4.57 Å². The lowest BCUT2D eigenvalue weighted by molar-refractivity contribution is -0.137. The van der Waals surface area contributed by atoms with E-state index in [0.29, 0.717) is 11.1 Å². The molecule has 2 N–H and O–H groups in total. The molecule has 0 radical (unpaired) electrons. The van der Waals surface area contributed by atoms with E-state index in [2.05, 4.69) is 0 Å². The molecule has 0 amide bonds. The molecular formula is C17H11F3N2O3. The highest BCUT2D eigenvalue weighted by atomic mass is 19.4. The van der Waals surface area contributed by atoms with Crippen LogP contribution in [0.1, 0.15) is 35.3 Å². The summed E-state index contributed by atoms with van der Waals surface area (Å²) in [6, 6.07) is 4.47. The predicted molar refractivity (Wildman–Crippen MR) is 79.1 cm³/mol. The van der Waals surface area contributed by atoms with Gasteiger partial charge in [-0.25, -0.2) is 0 Å². The number of aromatic nitrogens is 1. The molecule has 2 aliphatic rings. The zero-order valence-corrected chi connectivity index (χ0v) is 12.8. The fraction of sp³-hybridized carbons (Fsp3) is 0.235. The Balaban J connectivity index is 1.95. The Labute approximate surface area is 139 Å². The predicted octanol–water partition coefficient (Wildman–Crippen LogP) is 3.64. The molecule has 1 aromatic heterocycles. The van der Waals surface area contributed by atoms with Gasteiger partial charge in [-0.15, -0.1) is 0 Å². The van der Waals surface area contributed by atoms with E-state index in [-0.39, 0.29) is 17.4 Å². The second kappa shape index (κ2) is 4.58. The monoisotopic (exact) mass is 348 g/mol. The minimum atomic E-state index is -4.74. The molecule has 2 bridgehead atoms. The molecule has 8 heteroatoms. The van der Waals surface area contributed by atoms with E-state index in [1.54, 1.807) is 19.1 Å². The molecule has 5 nitrogen and oxygen atoms in total. The van der Waals surface area contributed by atoms with E-state index in [1.165, 1.54) is 12.1 Å². The highest BCUT2D eigenvalue weighted by Gasteiger charge is 2.50. The van der Waals surface area contributed by atoms with Crippen LogP contribution in [0.25, 0.3) is 5.69 Å². The fourth-order valence-corrected chi connectivity index (χ4v) is 3.48. The number of nitrogens with zero attached hydrogens (tertiary/aromatic N) is 2. The average Bonchev–Trinajstić information content (AvgIpc) is 3.15. The van der Waals surface area contributed by atoms with Gasteiger partial charge in [-0.2, -0.15) is 18.4 Å². The second-order valence-corrected chi connectivity index (χ2v) is 6.12. The second-order valence-electron chi connectivity index (χ2n) is 6.12. The van der Waals surface area contributed by atoms with Crippen molar-refractivity contribution in [1.29, 1.82) is 5.26 Å². The SMILES string of the molecule is CC12C=CC(O1)c1c2c(O)n(-c2ccc(C#N)c(C(F)(F)F)c2)c1O. The number of halogens is 3. The van der Waals surface area contributed by atoms with Crippen LogP contribution in [-0.4, -0.2) is 14.8 Å². The number of nitriles is 1. The highest BCUT2D eigenvalue weighted by molar-refractivity contribution is 5.62. The van der Waals surface area contributed by atoms with Gasteiger partial charge in [0.1, 0.15) is 11.7 Å². The van der Waals surface area contributed by atoms with Crippen molar-refractivity contribution < 1.29 is 28.1 Å². The van der Waals surface area contributed by atoms with Crippen LogP contribution in [-0.2, 0) is 16.5 Å². The van der Waals surface area contributed by atoms with Crippen LogP contribution < -0.4 is 0 Å². The smallest absolute Gasteiger partial charge is 0.417 e. The van der Waals surface area contributed by atoms with Gasteiger partial charge in [0.05, 0.1) is 34.0 Å². The minimum absolute atomic E-state index is 0.0984. The summed E-state index contributed by atoms with van der Waals surface area (Å²) < 4.78 is 46.1. The van der Waals surface area contributed by atoms with Crippen molar-refractivity contribution in [3.8, 4) is 23.5 Å². The number of hydrogen-bond donors (Lipinski definition) is 2. The standard InChI is InChI=1S/C17H11F3N2O3/c1-16-5-4-11(25-16)12-13(16)15(24)22(14(12)23)9-3-2-8(7-21)10(6-9)17(18,19)20/h2-6,11,23-24H,1H3. The number of hydrogen-bond acceptors (Lipinski definition) is 4. The van der Waals surface area contributed by atoms with Crippen LogP contribution in [0, 0.1) is 11.3 Å². The van der Waals surface area contributed by atoms with Gasteiger partial charge in [-0.1, -0.05) is 6.08 Å². The van der Waals surface area contributed by atoms with E-state index in [0.717, 1.165) is 16.7 Å². The lowest BCUT2D eigenvalue weighted by Gasteiger charge is -2.18. The van der Waals surface area contributed by atoms with Crippen LogP contribution in [0.5, 0.6) is 11.8 Å². The average molecular weight is 348 g/mol. The van der Waals surface area contributed by atoms with Gasteiger partial charge in [0.15, 0.2) is 0 Å². The largest absolute Gasteiger partial charge is 0.494 e. The number of aromatic hydroxyl groups is 2. The molecule has 2 atom stereocenters. The van der Waals surface area contributed by atoms with Crippen molar-refractivity contribution in [3.63, 3.8) is 0 Å². The Kier molecular flexibility index (Phi) is 2.86. The van der Waals surface area contributed by atoms with Crippen LogP contribution in [0.2, 0.25) is 0 Å². The van der Waals surface area contributed by atoms with E-state index in [9.17, 15) is 23.4 Å². The van der Waals surface area contributed by atoms with Gasteiger partial charge in [-0.3, -0.25) is 4.57 Å². The van der Waals surface area contributed by atoms with Crippen molar-refractivity contribution in [2.45, 2.75) is 24.8 Å². The maximum Gasteiger partial charge on any atom is 0.417 e. The van der Waals surface area contributed by atoms with Crippen molar-refractivity contribution in [2.75, 3.05) is 0 Å². The van der Waals surface area contributed by atoms with Crippen LogP contribution in [0.4, 0.5) is 13.2 Å². The maximum absolute atomic E-state index is 13.2. The number of fused-ring (bicyclic) bond motifs is 5. The number of ether oxygens (including phenoxy) is 1. The molecule has 4 rings (SSSR count). The summed E-state index contributed by atoms with van der Waals surface area (Å²) in [6.45, 7) is 1.69. The normalized spacial score (nSPS) is 23.7. The molecular weight excluding hydrogens is 337 g/mol. The Morgan fingerprint density at radius 2 is 2.00 bits per heavy atom. The van der Waals surface area contributed by atoms with E-state index < -0.39 is 29.0 Å². The molecule has 2 unspecified atom stereocenters. The Bertz CT molecular complexity index is 984. The van der Waals surface area contributed by atoms with Crippen LogP contribution in [0.15, 0.2) is 30.4 Å². The van der Waals surface area contributed by atoms with Crippen LogP contribution in [0.3, 0.4) is 0 Å². The minimum Gasteiger partial charge on any atom is -0.494 e. The third-order valence-corrected chi connectivity index (χ3v) is 4.59. The van der Waals surface area contributed by atoms with Gasteiger partial charge < -0.3 is 14.9 Å². The number of benzene rings is 1. The quantitative estimate of drug-likeness (QED) is 0.772. The third kappa shape index (κ3) is 1.93. The molecule has 2 aliphatic heterocycles. The van der Waals surface area contributed by atoms with Crippen LogP contribution >= 0.6 is 0 Å². The van der Waals surface area contributed by atoms with Gasteiger partial charge in [-0.05, 0) is 31.2 Å². The topological polar surface area (TPSA) is 78.4 Å². The molecule has 25 heavy (non-hydrogen) atoms. The fourth-order valence-electron chi connectivity index (χ4n) is 3.48. The van der Waals surface area contributed by atoms with E-state index in [4.69, 9.17) is 10.00 Å². The first-order chi connectivity index (χ1) is 11.7. The Morgan fingerprint density at radius 1 is 1.28 bits per heavy atom. The summed E-state index contributed by atoms with van der Waals surface area (Å²) in [7, 11) is 0. The molecule has 3 heterocycles. The van der Waals surface area contributed by atoms with Gasteiger partial charge in [0.2, 0.25) is 11.8 Å². The van der Waals surface area contributed by atoms with Gasteiger partial charge >= 0.3 is 6.18 Å². The maximum atomic E-state index is 13.2. The first-order valence-corrected chi connectivity index (χ1v) is 7.33. The summed E-state index contributed by atoms with van der Waals surface area (Å²) in [4.78, 5) is 0. The third-order valence-electron chi connectivity index (χ3n) is 4.59. The Hall–Kier alpha value is -2.92. The van der Waals surface area contributed by atoms with Crippen molar-refractivity contribution in [3.05, 3.63) is 52.6 Å². The van der Waals surface area contributed by atoms with Crippen molar-refractivity contribution >= 4 is 0 Å².